The van der Waals surface area contributed by atoms with Crippen LogP contribution in [-0.4, -0.2) is 70.4 Å². The molecule has 32 heavy (non-hydrogen) atoms. The van der Waals surface area contributed by atoms with Gasteiger partial charge in [-0.2, -0.15) is 0 Å². The summed E-state index contributed by atoms with van der Waals surface area (Å²) in [7, 11) is 1.73. The molecule has 1 heterocycles. The Morgan fingerprint density at radius 3 is 2.16 bits per heavy atom. The molecule has 2 amide bonds. The number of carboxylic acids is 1. The number of carboxylic acid groups (broad SMARTS) is 1. The first-order valence-corrected chi connectivity index (χ1v) is 12.3. The standard InChI is InChI=1S/C25H43N3O4/c1-16(2)21(15-18(5)25(31)32)27(6)24(30)22(19-11-7-8-12-19)26-23(29)20-13-9-10-14-28(20)17(3)4/h15-17,19-22H,7-14H2,1-6H3,(H,26,29)(H,31,32)/b18-15+/t20?,21-,22-/m1/s1. The summed E-state index contributed by atoms with van der Waals surface area (Å²) in [6.45, 7) is 10.6. The SMILES string of the molecule is C/C(=C\[C@H](C(C)C)N(C)C(=O)[C@H](NC(=O)C1CCCCN1C(C)C)C1CCCC1)C(=O)O. The Hall–Kier alpha value is -1.89. The lowest BCUT2D eigenvalue weighted by atomic mass is 9.93. The molecule has 182 valence electrons. The third-order valence-electron chi connectivity index (χ3n) is 7.18. The number of rotatable bonds is 9. The number of piperidine rings is 1. The first-order chi connectivity index (χ1) is 15.0. The van der Waals surface area contributed by atoms with Crippen molar-refractivity contribution in [2.24, 2.45) is 11.8 Å². The van der Waals surface area contributed by atoms with Gasteiger partial charge in [-0.25, -0.2) is 4.79 Å². The van der Waals surface area contributed by atoms with Crippen molar-refractivity contribution in [1.29, 1.82) is 0 Å². The molecule has 2 fully saturated rings. The highest BCUT2D eigenvalue weighted by atomic mass is 16.4. The molecule has 0 aromatic carbocycles. The van der Waals surface area contributed by atoms with Gasteiger partial charge >= 0.3 is 5.97 Å². The molecule has 0 spiro atoms. The van der Waals surface area contributed by atoms with E-state index >= 15 is 0 Å². The first-order valence-electron chi connectivity index (χ1n) is 12.3. The molecule has 1 saturated carbocycles. The number of carbonyl (C=O) groups excluding carboxylic acids is 2. The first kappa shape index (κ1) is 26.4. The topological polar surface area (TPSA) is 90.0 Å². The van der Waals surface area contributed by atoms with Crippen molar-refractivity contribution in [3.63, 3.8) is 0 Å². The van der Waals surface area contributed by atoms with Crippen LogP contribution in [0.15, 0.2) is 11.6 Å². The second-order valence-corrected chi connectivity index (χ2v) is 10.2. The van der Waals surface area contributed by atoms with E-state index in [9.17, 15) is 19.5 Å². The molecule has 0 aromatic rings. The Bertz CT molecular complexity index is 697. The highest BCUT2D eigenvalue weighted by molar-refractivity contribution is 5.90. The summed E-state index contributed by atoms with van der Waals surface area (Å²) in [5.41, 5.74) is 0.222. The van der Waals surface area contributed by atoms with E-state index in [2.05, 4.69) is 24.1 Å². The summed E-state index contributed by atoms with van der Waals surface area (Å²) in [5, 5.41) is 12.5. The molecule has 0 aromatic heterocycles. The maximum absolute atomic E-state index is 13.7. The van der Waals surface area contributed by atoms with Crippen LogP contribution < -0.4 is 5.32 Å². The van der Waals surface area contributed by atoms with Gasteiger partial charge in [0.1, 0.15) is 6.04 Å². The van der Waals surface area contributed by atoms with Gasteiger partial charge in [0.05, 0.1) is 12.1 Å². The van der Waals surface area contributed by atoms with Gasteiger partial charge in [0.25, 0.3) is 0 Å². The second-order valence-electron chi connectivity index (χ2n) is 10.2. The molecule has 0 radical (unpaired) electrons. The van der Waals surface area contributed by atoms with Crippen LogP contribution >= 0.6 is 0 Å². The largest absolute Gasteiger partial charge is 0.478 e. The van der Waals surface area contributed by atoms with E-state index in [4.69, 9.17) is 0 Å². The van der Waals surface area contributed by atoms with Crippen LogP contribution in [0.4, 0.5) is 0 Å². The van der Waals surface area contributed by atoms with Crippen molar-refractivity contribution in [2.45, 2.75) is 104 Å². The maximum Gasteiger partial charge on any atom is 0.331 e. The van der Waals surface area contributed by atoms with Gasteiger partial charge in [-0.15, -0.1) is 0 Å². The minimum atomic E-state index is -0.983. The van der Waals surface area contributed by atoms with Gasteiger partial charge in [-0.1, -0.05) is 39.2 Å². The molecule has 3 atom stereocenters. The molecular weight excluding hydrogens is 406 g/mol. The zero-order valence-electron chi connectivity index (χ0n) is 20.8. The minimum absolute atomic E-state index is 0.0459. The summed E-state index contributed by atoms with van der Waals surface area (Å²) >= 11 is 0. The Balaban J connectivity index is 2.25. The molecule has 2 rings (SSSR count). The zero-order chi connectivity index (χ0) is 24.0. The summed E-state index contributed by atoms with van der Waals surface area (Å²) < 4.78 is 0. The summed E-state index contributed by atoms with van der Waals surface area (Å²) in [5.74, 6) is -0.973. The monoisotopic (exact) mass is 449 g/mol. The smallest absolute Gasteiger partial charge is 0.331 e. The van der Waals surface area contributed by atoms with Crippen LogP contribution in [0.2, 0.25) is 0 Å². The molecule has 7 nitrogen and oxygen atoms in total. The number of carbonyl (C=O) groups is 3. The molecule has 1 unspecified atom stereocenters. The highest BCUT2D eigenvalue weighted by Gasteiger charge is 2.39. The lowest BCUT2D eigenvalue weighted by Crippen LogP contribution is -2.59. The number of hydrogen-bond acceptors (Lipinski definition) is 4. The summed E-state index contributed by atoms with van der Waals surface area (Å²) in [6.07, 6.45) is 8.60. The van der Waals surface area contributed by atoms with Crippen molar-refractivity contribution in [3.05, 3.63) is 11.6 Å². The number of likely N-dealkylation sites (N-methyl/N-ethyl adjacent to an activating group) is 1. The molecule has 1 saturated heterocycles. The van der Waals surface area contributed by atoms with E-state index in [-0.39, 0.29) is 47.3 Å². The Morgan fingerprint density at radius 2 is 1.62 bits per heavy atom. The zero-order valence-corrected chi connectivity index (χ0v) is 20.8. The van der Waals surface area contributed by atoms with Crippen molar-refractivity contribution in [2.75, 3.05) is 13.6 Å². The summed E-state index contributed by atoms with van der Waals surface area (Å²) in [6, 6.07) is -0.823. The molecule has 7 heteroatoms. The van der Waals surface area contributed by atoms with Crippen LogP contribution in [-0.2, 0) is 14.4 Å². The van der Waals surface area contributed by atoms with Crippen LogP contribution in [0.1, 0.15) is 79.6 Å². The second kappa shape index (κ2) is 11.8. The molecule has 1 aliphatic heterocycles. The number of likely N-dealkylation sites (tertiary alicyclic amines) is 1. The molecular formula is C25H43N3O4. The van der Waals surface area contributed by atoms with E-state index in [0.29, 0.717) is 0 Å². The van der Waals surface area contributed by atoms with Crippen molar-refractivity contribution < 1.29 is 19.5 Å². The number of nitrogens with one attached hydrogen (secondary N) is 1. The van der Waals surface area contributed by atoms with Gasteiger partial charge in [0.2, 0.25) is 11.8 Å². The quantitative estimate of drug-likeness (QED) is 0.526. The van der Waals surface area contributed by atoms with Crippen molar-refractivity contribution in [1.82, 2.24) is 15.1 Å². The highest BCUT2D eigenvalue weighted by Crippen LogP contribution is 2.30. The predicted octanol–water partition coefficient (Wildman–Crippen LogP) is 3.44. The van der Waals surface area contributed by atoms with Crippen LogP contribution in [0.5, 0.6) is 0 Å². The fraction of sp³-hybridized carbons (Fsp3) is 0.800. The molecule has 1 aliphatic carbocycles. The van der Waals surface area contributed by atoms with Crippen molar-refractivity contribution >= 4 is 17.8 Å². The van der Waals surface area contributed by atoms with Gasteiger partial charge in [-0.3, -0.25) is 14.5 Å². The Morgan fingerprint density at radius 1 is 1.03 bits per heavy atom. The van der Waals surface area contributed by atoms with Crippen LogP contribution in [0, 0.1) is 11.8 Å². The lowest BCUT2D eigenvalue weighted by molar-refractivity contribution is -0.140. The van der Waals surface area contributed by atoms with Gasteiger partial charge in [-0.05, 0) is 64.8 Å². The average Bonchev–Trinajstić information content (AvgIpc) is 3.28. The predicted molar refractivity (Wildman–Crippen MR) is 126 cm³/mol. The van der Waals surface area contributed by atoms with E-state index in [0.717, 1.165) is 51.5 Å². The Kier molecular flexibility index (Phi) is 9.74. The van der Waals surface area contributed by atoms with E-state index < -0.39 is 12.0 Å². The fourth-order valence-corrected chi connectivity index (χ4v) is 5.22. The molecule has 2 N–H and O–H groups in total. The third kappa shape index (κ3) is 6.56. The van der Waals surface area contributed by atoms with E-state index in [1.165, 1.54) is 0 Å². The van der Waals surface area contributed by atoms with E-state index in [1.54, 1.807) is 24.9 Å². The average molecular weight is 450 g/mol. The molecule has 0 bridgehead atoms. The van der Waals surface area contributed by atoms with Crippen LogP contribution in [0.25, 0.3) is 0 Å². The molecule has 2 aliphatic rings. The third-order valence-corrected chi connectivity index (χ3v) is 7.18. The Labute approximate surface area is 193 Å². The lowest BCUT2D eigenvalue weighted by Gasteiger charge is -2.39. The number of hydrogen-bond donors (Lipinski definition) is 2. The van der Waals surface area contributed by atoms with Gasteiger partial charge < -0.3 is 15.3 Å². The van der Waals surface area contributed by atoms with E-state index in [1.807, 2.05) is 13.8 Å². The maximum atomic E-state index is 13.7. The number of nitrogens with zero attached hydrogens (tertiary/aromatic N) is 2. The van der Waals surface area contributed by atoms with Crippen molar-refractivity contribution in [3.8, 4) is 0 Å². The van der Waals surface area contributed by atoms with Crippen LogP contribution in [0.3, 0.4) is 0 Å². The fourth-order valence-electron chi connectivity index (χ4n) is 5.22. The summed E-state index contributed by atoms with van der Waals surface area (Å²) in [4.78, 5) is 42.3. The minimum Gasteiger partial charge on any atom is -0.478 e. The number of aliphatic carboxylic acids is 1. The van der Waals surface area contributed by atoms with Gasteiger partial charge in [0.15, 0.2) is 0 Å². The van der Waals surface area contributed by atoms with Gasteiger partial charge in [0, 0.05) is 18.7 Å². The normalized spacial score (nSPS) is 22.8. The number of amides is 2.